The van der Waals surface area contributed by atoms with Crippen LogP contribution in [0.15, 0.2) is 72.8 Å². The standard InChI is InChI=1S/C25H20Cl2N2O3/c26-18-9-7-17(8-10-18)23(30)28(20-13-11-19(27)12-14-20)15-3-4-16-29-24(31)21-5-1-2-6-22(21)25(29)32/h1-2,5-14H,3-4,15-16H2. The van der Waals surface area contributed by atoms with Crippen LogP contribution in [0.1, 0.15) is 43.9 Å². The molecule has 4 rings (SSSR count). The van der Waals surface area contributed by atoms with Crippen LogP contribution >= 0.6 is 23.2 Å². The maximum absolute atomic E-state index is 13.2. The van der Waals surface area contributed by atoms with Crippen molar-refractivity contribution < 1.29 is 14.4 Å². The Morgan fingerprint density at radius 1 is 0.750 bits per heavy atom. The largest absolute Gasteiger partial charge is 0.308 e. The number of benzene rings is 3. The van der Waals surface area contributed by atoms with Gasteiger partial charge in [-0.25, -0.2) is 0 Å². The van der Waals surface area contributed by atoms with Gasteiger partial charge in [0.1, 0.15) is 0 Å². The number of rotatable bonds is 7. The fourth-order valence-electron chi connectivity index (χ4n) is 3.70. The van der Waals surface area contributed by atoms with Crippen molar-refractivity contribution in [2.75, 3.05) is 18.0 Å². The van der Waals surface area contributed by atoms with Crippen LogP contribution in [-0.4, -0.2) is 35.7 Å². The molecule has 7 heteroatoms. The Bertz CT molecular complexity index is 1130. The van der Waals surface area contributed by atoms with Gasteiger partial charge in [0.2, 0.25) is 0 Å². The quantitative estimate of drug-likeness (QED) is 0.330. The molecule has 0 saturated carbocycles. The number of amides is 3. The highest BCUT2D eigenvalue weighted by Crippen LogP contribution is 2.24. The Kier molecular flexibility index (Phi) is 6.58. The summed E-state index contributed by atoms with van der Waals surface area (Å²) in [4.78, 5) is 41.2. The molecule has 1 aliphatic heterocycles. The first-order chi connectivity index (χ1) is 15.5. The van der Waals surface area contributed by atoms with Crippen molar-refractivity contribution in [2.45, 2.75) is 12.8 Å². The lowest BCUT2D eigenvalue weighted by atomic mass is 10.1. The third kappa shape index (κ3) is 4.54. The first-order valence-corrected chi connectivity index (χ1v) is 11.0. The Balaban J connectivity index is 1.43. The summed E-state index contributed by atoms with van der Waals surface area (Å²) < 4.78 is 0. The first-order valence-electron chi connectivity index (χ1n) is 10.2. The van der Waals surface area contributed by atoms with E-state index in [1.165, 1.54) is 4.90 Å². The summed E-state index contributed by atoms with van der Waals surface area (Å²) in [6.45, 7) is 0.724. The average molecular weight is 467 g/mol. The zero-order valence-corrected chi connectivity index (χ0v) is 18.6. The van der Waals surface area contributed by atoms with E-state index in [0.717, 1.165) is 5.69 Å². The minimum absolute atomic E-state index is 0.162. The summed E-state index contributed by atoms with van der Waals surface area (Å²) in [5.41, 5.74) is 2.12. The van der Waals surface area contributed by atoms with Crippen molar-refractivity contribution in [3.05, 3.63) is 99.5 Å². The highest BCUT2D eigenvalue weighted by molar-refractivity contribution is 6.31. The average Bonchev–Trinajstić information content (AvgIpc) is 3.05. The van der Waals surface area contributed by atoms with E-state index >= 15 is 0 Å². The van der Waals surface area contributed by atoms with Crippen LogP contribution < -0.4 is 4.90 Å². The molecule has 0 fully saturated rings. The minimum Gasteiger partial charge on any atom is -0.308 e. The molecular formula is C25H20Cl2N2O3. The van der Waals surface area contributed by atoms with Crippen LogP contribution in [0.2, 0.25) is 10.0 Å². The second kappa shape index (κ2) is 9.55. The van der Waals surface area contributed by atoms with Crippen LogP contribution in [-0.2, 0) is 0 Å². The van der Waals surface area contributed by atoms with E-state index in [-0.39, 0.29) is 17.7 Å². The summed E-state index contributed by atoms with van der Waals surface area (Å²) in [6.07, 6.45) is 1.18. The van der Waals surface area contributed by atoms with Gasteiger partial charge in [-0.2, -0.15) is 0 Å². The molecule has 3 amide bonds. The third-order valence-electron chi connectivity index (χ3n) is 5.37. The Hall–Kier alpha value is -3.15. The van der Waals surface area contributed by atoms with E-state index in [1.807, 2.05) is 0 Å². The summed E-state index contributed by atoms with van der Waals surface area (Å²) in [5, 5.41) is 1.14. The van der Waals surface area contributed by atoms with Gasteiger partial charge in [-0.1, -0.05) is 35.3 Å². The predicted octanol–water partition coefficient (Wildman–Crippen LogP) is 5.72. The van der Waals surface area contributed by atoms with E-state index in [2.05, 4.69) is 0 Å². The molecule has 3 aromatic rings. The molecule has 162 valence electrons. The highest BCUT2D eigenvalue weighted by Gasteiger charge is 2.34. The van der Waals surface area contributed by atoms with Gasteiger partial charge in [0.25, 0.3) is 17.7 Å². The summed E-state index contributed by atoms with van der Waals surface area (Å²) >= 11 is 12.0. The maximum atomic E-state index is 13.2. The van der Waals surface area contributed by atoms with Gasteiger partial charge in [0, 0.05) is 34.4 Å². The smallest absolute Gasteiger partial charge is 0.261 e. The van der Waals surface area contributed by atoms with Crippen molar-refractivity contribution in [1.29, 1.82) is 0 Å². The molecule has 0 spiro atoms. The lowest BCUT2D eigenvalue weighted by Crippen LogP contribution is -2.34. The third-order valence-corrected chi connectivity index (χ3v) is 5.87. The number of fused-ring (bicyclic) bond motifs is 1. The number of hydrogen-bond donors (Lipinski definition) is 0. The number of unbranched alkanes of at least 4 members (excludes halogenated alkanes) is 1. The summed E-state index contributed by atoms with van der Waals surface area (Å²) in [7, 11) is 0. The SMILES string of the molecule is O=C1c2ccccc2C(=O)N1CCCCN(C(=O)c1ccc(Cl)cc1)c1ccc(Cl)cc1. The lowest BCUT2D eigenvalue weighted by molar-refractivity contribution is 0.0651. The number of hydrogen-bond acceptors (Lipinski definition) is 3. The van der Waals surface area contributed by atoms with E-state index in [0.29, 0.717) is 52.7 Å². The van der Waals surface area contributed by atoms with Crippen LogP contribution in [0.4, 0.5) is 5.69 Å². The van der Waals surface area contributed by atoms with Gasteiger partial charge in [-0.05, 0) is 73.5 Å². The van der Waals surface area contributed by atoms with Crippen molar-refractivity contribution >= 4 is 46.6 Å². The summed E-state index contributed by atoms with van der Waals surface area (Å²) in [6, 6.07) is 20.6. The van der Waals surface area contributed by atoms with Crippen molar-refractivity contribution in [3.8, 4) is 0 Å². The molecule has 0 saturated heterocycles. The van der Waals surface area contributed by atoms with E-state index in [1.54, 1.807) is 77.7 Å². The van der Waals surface area contributed by atoms with Gasteiger partial charge in [-0.15, -0.1) is 0 Å². The molecular weight excluding hydrogens is 447 g/mol. The zero-order chi connectivity index (χ0) is 22.7. The molecule has 0 aromatic heterocycles. The molecule has 0 atom stereocenters. The fraction of sp³-hybridized carbons (Fsp3) is 0.160. The van der Waals surface area contributed by atoms with Crippen molar-refractivity contribution in [3.63, 3.8) is 0 Å². The van der Waals surface area contributed by atoms with Crippen LogP contribution in [0.5, 0.6) is 0 Å². The van der Waals surface area contributed by atoms with E-state index < -0.39 is 0 Å². The van der Waals surface area contributed by atoms with E-state index in [9.17, 15) is 14.4 Å². The van der Waals surface area contributed by atoms with Gasteiger partial charge in [0.05, 0.1) is 11.1 Å². The number of anilines is 1. The van der Waals surface area contributed by atoms with Gasteiger partial charge in [0.15, 0.2) is 0 Å². The molecule has 0 aliphatic carbocycles. The van der Waals surface area contributed by atoms with Gasteiger partial charge in [-0.3, -0.25) is 19.3 Å². The molecule has 5 nitrogen and oxygen atoms in total. The van der Waals surface area contributed by atoms with Crippen LogP contribution in [0.25, 0.3) is 0 Å². The zero-order valence-electron chi connectivity index (χ0n) is 17.1. The number of nitrogens with zero attached hydrogens (tertiary/aromatic N) is 2. The molecule has 1 aliphatic rings. The lowest BCUT2D eigenvalue weighted by Gasteiger charge is -2.24. The Morgan fingerprint density at radius 2 is 1.28 bits per heavy atom. The first kappa shape index (κ1) is 22.1. The molecule has 1 heterocycles. The van der Waals surface area contributed by atoms with Crippen LogP contribution in [0, 0.1) is 0 Å². The number of carbonyl (C=O) groups excluding carboxylic acids is 3. The predicted molar refractivity (Wildman–Crippen MR) is 126 cm³/mol. The Morgan fingerprint density at radius 3 is 1.84 bits per heavy atom. The molecule has 0 unspecified atom stereocenters. The normalized spacial score (nSPS) is 12.8. The molecule has 0 bridgehead atoms. The highest BCUT2D eigenvalue weighted by atomic mass is 35.5. The van der Waals surface area contributed by atoms with Gasteiger partial charge >= 0.3 is 0 Å². The second-order valence-corrected chi connectivity index (χ2v) is 8.33. The second-order valence-electron chi connectivity index (χ2n) is 7.45. The monoisotopic (exact) mass is 466 g/mol. The Labute approximate surface area is 196 Å². The summed E-state index contributed by atoms with van der Waals surface area (Å²) in [5.74, 6) is -0.695. The van der Waals surface area contributed by atoms with E-state index in [4.69, 9.17) is 23.2 Å². The maximum Gasteiger partial charge on any atom is 0.261 e. The molecule has 32 heavy (non-hydrogen) atoms. The molecule has 0 radical (unpaired) electrons. The molecule has 3 aromatic carbocycles. The fourth-order valence-corrected chi connectivity index (χ4v) is 3.95. The van der Waals surface area contributed by atoms with Crippen LogP contribution in [0.3, 0.4) is 0 Å². The minimum atomic E-state index is -0.266. The van der Waals surface area contributed by atoms with Gasteiger partial charge < -0.3 is 4.90 Å². The van der Waals surface area contributed by atoms with Crippen molar-refractivity contribution in [2.24, 2.45) is 0 Å². The number of imide groups is 1. The number of halogens is 2. The number of carbonyl (C=O) groups is 3. The molecule has 0 N–H and O–H groups in total. The van der Waals surface area contributed by atoms with Crippen molar-refractivity contribution in [1.82, 2.24) is 4.90 Å². The topological polar surface area (TPSA) is 57.7 Å².